The van der Waals surface area contributed by atoms with Crippen LogP contribution >= 0.6 is 0 Å². The molecule has 0 heterocycles. The second-order valence-electron chi connectivity index (χ2n) is 6.28. The van der Waals surface area contributed by atoms with Crippen molar-refractivity contribution in [3.05, 3.63) is 72.3 Å². The largest absolute Gasteiger partial charge is 0.465 e. The lowest BCUT2D eigenvalue weighted by molar-refractivity contribution is -0.143. The number of esters is 1. The highest BCUT2D eigenvalue weighted by molar-refractivity contribution is 5.80. The summed E-state index contributed by atoms with van der Waals surface area (Å²) in [7, 11) is 0. The first kappa shape index (κ1) is 18.7. The highest BCUT2D eigenvalue weighted by atomic mass is 16.6. The zero-order valence-corrected chi connectivity index (χ0v) is 15.4. The summed E-state index contributed by atoms with van der Waals surface area (Å²) in [5.74, 6) is -0.484. The molecule has 0 radical (unpaired) electrons. The number of rotatable bonds is 7. The molecule has 140 valence electrons. The van der Waals surface area contributed by atoms with Gasteiger partial charge in [0.05, 0.1) is 6.61 Å². The number of amides is 1. The molecule has 2 aromatic rings. The van der Waals surface area contributed by atoms with E-state index in [1.807, 2.05) is 24.3 Å². The maximum atomic E-state index is 12.5. The SMILES string of the molecule is C=CCN(CC(=O)OCC)C(=O)OCC1c2ccccc2-c2ccccc21. The van der Waals surface area contributed by atoms with Crippen molar-refractivity contribution in [2.45, 2.75) is 12.8 Å². The van der Waals surface area contributed by atoms with Gasteiger partial charge in [-0.25, -0.2) is 4.79 Å². The Morgan fingerprint density at radius 1 is 1.04 bits per heavy atom. The molecule has 3 rings (SSSR count). The predicted octanol–water partition coefficient (Wildman–Crippen LogP) is 3.99. The highest BCUT2D eigenvalue weighted by Crippen LogP contribution is 2.44. The van der Waals surface area contributed by atoms with Crippen molar-refractivity contribution in [3.63, 3.8) is 0 Å². The van der Waals surface area contributed by atoms with E-state index in [1.54, 1.807) is 13.0 Å². The van der Waals surface area contributed by atoms with Crippen LogP contribution < -0.4 is 0 Å². The van der Waals surface area contributed by atoms with Crippen molar-refractivity contribution in [1.29, 1.82) is 0 Å². The topological polar surface area (TPSA) is 55.8 Å². The van der Waals surface area contributed by atoms with Crippen LogP contribution in [0.4, 0.5) is 4.79 Å². The van der Waals surface area contributed by atoms with Gasteiger partial charge in [0.15, 0.2) is 0 Å². The Bertz CT molecular complexity index is 800. The molecule has 0 aliphatic heterocycles. The molecule has 1 aliphatic carbocycles. The molecule has 27 heavy (non-hydrogen) atoms. The summed E-state index contributed by atoms with van der Waals surface area (Å²) < 4.78 is 10.5. The van der Waals surface area contributed by atoms with Gasteiger partial charge in [-0.2, -0.15) is 0 Å². The third-order valence-electron chi connectivity index (χ3n) is 4.57. The van der Waals surface area contributed by atoms with Gasteiger partial charge in [0.2, 0.25) is 0 Å². The molecule has 0 aromatic heterocycles. The molecule has 5 heteroatoms. The van der Waals surface area contributed by atoms with Gasteiger partial charge in [0, 0.05) is 12.5 Å². The van der Waals surface area contributed by atoms with Crippen molar-refractivity contribution >= 4 is 12.1 Å². The van der Waals surface area contributed by atoms with E-state index in [0.29, 0.717) is 0 Å². The van der Waals surface area contributed by atoms with Gasteiger partial charge < -0.3 is 9.47 Å². The van der Waals surface area contributed by atoms with Crippen LogP contribution in [0, 0.1) is 0 Å². The number of nitrogens with zero attached hydrogens (tertiary/aromatic N) is 1. The summed E-state index contributed by atoms with van der Waals surface area (Å²) in [5.41, 5.74) is 4.63. The van der Waals surface area contributed by atoms with E-state index in [4.69, 9.17) is 9.47 Å². The summed E-state index contributed by atoms with van der Waals surface area (Å²) in [6.45, 7) is 5.90. The zero-order chi connectivity index (χ0) is 19.2. The average Bonchev–Trinajstić information content (AvgIpc) is 3.00. The van der Waals surface area contributed by atoms with E-state index in [0.717, 1.165) is 11.1 Å². The number of benzene rings is 2. The normalized spacial score (nSPS) is 12.0. The fraction of sp³-hybridized carbons (Fsp3) is 0.273. The van der Waals surface area contributed by atoms with E-state index in [2.05, 4.69) is 30.8 Å². The van der Waals surface area contributed by atoms with Gasteiger partial charge in [-0.3, -0.25) is 9.69 Å². The predicted molar refractivity (Wildman–Crippen MR) is 103 cm³/mol. The number of carbonyl (C=O) groups is 2. The third kappa shape index (κ3) is 4.03. The fourth-order valence-corrected chi connectivity index (χ4v) is 3.41. The zero-order valence-electron chi connectivity index (χ0n) is 15.4. The highest BCUT2D eigenvalue weighted by Gasteiger charge is 2.29. The minimum Gasteiger partial charge on any atom is -0.465 e. The third-order valence-corrected chi connectivity index (χ3v) is 4.57. The number of ether oxygens (including phenoxy) is 2. The molecule has 0 spiro atoms. The summed E-state index contributed by atoms with van der Waals surface area (Å²) in [5, 5.41) is 0. The molecule has 0 N–H and O–H groups in total. The first-order chi connectivity index (χ1) is 13.2. The van der Waals surface area contributed by atoms with E-state index >= 15 is 0 Å². The van der Waals surface area contributed by atoms with Crippen molar-refractivity contribution in [2.24, 2.45) is 0 Å². The summed E-state index contributed by atoms with van der Waals surface area (Å²) >= 11 is 0. The quantitative estimate of drug-likeness (QED) is 0.550. The van der Waals surface area contributed by atoms with Gasteiger partial charge in [0.25, 0.3) is 0 Å². The molecular formula is C22H23NO4. The van der Waals surface area contributed by atoms with Gasteiger partial charge in [0.1, 0.15) is 13.2 Å². The molecule has 0 atom stereocenters. The molecule has 0 saturated heterocycles. The average molecular weight is 365 g/mol. The van der Waals surface area contributed by atoms with E-state index in [1.165, 1.54) is 16.0 Å². The van der Waals surface area contributed by atoms with Crippen LogP contribution in [-0.2, 0) is 14.3 Å². The number of hydrogen-bond donors (Lipinski definition) is 0. The first-order valence-corrected chi connectivity index (χ1v) is 9.02. The Kier molecular flexibility index (Phi) is 5.91. The molecule has 0 fully saturated rings. The lowest BCUT2D eigenvalue weighted by Crippen LogP contribution is -2.37. The Hall–Kier alpha value is -3.08. The maximum absolute atomic E-state index is 12.5. The standard InChI is InChI=1S/C22H23NO4/c1-3-13-23(14-21(24)26-4-2)22(25)27-15-20-18-11-7-5-9-16(18)17-10-6-8-12-19(17)20/h3,5-12,20H,1,4,13-15H2,2H3. The molecule has 2 aromatic carbocycles. The van der Waals surface area contributed by atoms with Crippen molar-refractivity contribution in [1.82, 2.24) is 4.90 Å². The smallest absolute Gasteiger partial charge is 0.410 e. The second kappa shape index (κ2) is 8.54. The van der Waals surface area contributed by atoms with Crippen molar-refractivity contribution in [2.75, 3.05) is 26.3 Å². The molecular weight excluding hydrogens is 342 g/mol. The summed E-state index contributed by atoms with van der Waals surface area (Å²) in [4.78, 5) is 25.5. The Labute approximate surface area is 159 Å². The summed E-state index contributed by atoms with van der Waals surface area (Å²) in [6, 6.07) is 16.3. The lowest BCUT2D eigenvalue weighted by atomic mass is 9.98. The van der Waals surface area contributed by atoms with Crippen molar-refractivity contribution < 1.29 is 19.1 Å². The monoisotopic (exact) mass is 365 g/mol. The van der Waals surface area contributed by atoms with Crippen LogP contribution in [-0.4, -0.2) is 43.3 Å². The molecule has 1 amide bonds. The summed E-state index contributed by atoms with van der Waals surface area (Å²) in [6.07, 6.45) is 1.01. The van der Waals surface area contributed by atoms with E-state index in [9.17, 15) is 9.59 Å². The number of hydrogen-bond acceptors (Lipinski definition) is 4. The molecule has 5 nitrogen and oxygen atoms in total. The van der Waals surface area contributed by atoms with Crippen LogP contribution in [0.1, 0.15) is 24.0 Å². The van der Waals surface area contributed by atoms with Crippen LogP contribution in [0.25, 0.3) is 11.1 Å². The second-order valence-corrected chi connectivity index (χ2v) is 6.28. The Morgan fingerprint density at radius 2 is 1.63 bits per heavy atom. The van der Waals surface area contributed by atoms with Crippen LogP contribution in [0.15, 0.2) is 61.2 Å². The van der Waals surface area contributed by atoms with E-state index < -0.39 is 12.1 Å². The number of fused-ring (bicyclic) bond motifs is 3. The van der Waals surface area contributed by atoms with Crippen LogP contribution in [0.3, 0.4) is 0 Å². The van der Waals surface area contributed by atoms with E-state index in [-0.39, 0.29) is 32.2 Å². The number of carbonyl (C=O) groups excluding carboxylic acids is 2. The minimum atomic E-state index is -0.551. The van der Waals surface area contributed by atoms with Gasteiger partial charge in [-0.15, -0.1) is 6.58 Å². The van der Waals surface area contributed by atoms with Crippen molar-refractivity contribution in [3.8, 4) is 11.1 Å². The van der Waals surface area contributed by atoms with Crippen LogP contribution in [0.2, 0.25) is 0 Å². The Balaban J connectivity index is 1.72. The molecule has 0 unspecified atom stereocenters. The Morgan fingerprint density at radius 3 is 2.19 bits per heavy atom. The lowest BCUT2D eigenvalue weighted by Gasteiger charge is -2.21. The van der Waals surface area contributed by atoms with Gasteiger partial charge in [-0.05, 0) is 29.2 Å². The molecule has 0 bridgehead atoms. The minimum absolute atomic E-state index is 0.0190. The van der Waals surface area contributed by atoms with Gasteiger partial charge >= 0.3 is 12.1 Å². The first-order valence-electron chi connectivity index (χ1n) is 9.02. The van der Waals surface area contributed by atoms with Crippen LogP contribution in [0.5, 0.6) is 0 Å². The fourth-order valence-electron chi connectivity index (χ4n) is 3.41. The maximum Gasteiger partial charge on any atom is 0.410 e. The molecule has 0 saturated carbocycles. The molecule has 1 aliphatic rings. The van der Waals surface area contributed by atoms with Gasteiger partial charge in [-0.1, -0.05) is 54.6 Å².